The van der Waals surface area contributed by atoms with Gasteiger partial charge in [0.1, 0.15) is 83.3 Å². The van der Waals surface area contributed by atoms with Gasteiger partial charge in [-0.15, -0.1) is 0 Å². The average Bonchev–Trinajstić information content (AvgIpc) is 0.943. The highest BCUT2D eigenvalue weighted by Crippen LogP contribution is 2.38. The predicted octanol–water partition coefficient (Wildman–Crippen LogP) is 3.31. The molecule has 0 saturated carbocycles. The van der Waals surface area contributed by atoms with E-state index in [-0.39, 0.29) is 71.6 Å². The van der Waals surface area contributed by atoms with Crippen molar-refractivity contribution in [3.8, 4) is 23.0 Å². The van der Waals surface area contributed by atoms with Crippen LogP contribution in [0.2, 0.25) is 0 Å². The maximum absolute atomic E-state index is 15.9. The first kappa shape index (κ1) is 81.0. The van der Waals surface area contributed by atoms with Crippen molar-refractivity contribution in [2.45, 2.75) is 176 Å². The number of nitrogens with two attached hydrogens (primary N) is 1. The largest absolute Gasteiger partial charge is 0.458 e. The second-order valence-corrected chi connectivity index (χ2v) is 29.1. The van der Waals surface area contributed by atoms with E-state index in [0.717, 1.165) is 9.80 Å². The normalized spacial score (nSPS) is 23.8. The molecule has 4 saturated heterocycles. The standard InChI is InChI=1S/C75H97N13O17.H2O/c1-36(2)55-72(98)87-29-21-27-49(87)70(96)83(13)34-51(89)85(15)61(38(5)6)74(100)102-42(11)57(68(94)79-55)81-66(92)47-32-48(77-33-44-23-20-26-46(31-44)104-45-24-18-17-19-25-45)40(9)64-59(47)78-60-53(54(76)63(91)41(10)65(60)105-64)67(93)82-58-43(12)103-75(101)62(39(7)8)86(16)52(90)35-84(14)71(97)50-28-22-30-88(50)73(99)56(37(3)4)80-69(58)95;/h17-20,23-26,31-32,36-39,42-43,49-50,55-58,61-62,77H,21-22,27-30,33-35,76H2,1-16H3,(H,79,94)(H,80,95)(H,81,92)(H,82,93);1H2/t42-,43-,49+,50+,55-,56-,57+,58+,61+,62+;/m1./s1. The third-order valence-electron chi connectivity index (χ3n) is 20.1. The van der Waals surface area contributed by atoms with E-state index in [4.69, 9.17) is 29.3 Å². The molecule has 31 heteroatoms. The quantitative estimate of drug-likeness (QED) is 0.0559. The first-order valence-corrected chi connectivity index (χ1v) is 35.5. The highest BCUT2D eigenvalue weighted by molar-refractivity contribution is 6.11. The van der Waals surface area contributed by atoms with Crippen LogP contribution in [0.3, 0.4) is 0 Å². The highest BCUT2D eigenvalue weighted by atomic mass is 16.6. The Morgan fingerprint density at radius 1 is 0.613 bits per heavy atom. The highest BCUT2D eigenvalue weighted by Gasteiger charge is 2.47. The molecule has 9 N–H and O–H groups in total. The minimum atomic E-state index is -1.93. The summed E-state index contributed by atoms with van der Waals surface area (Å²) in [5.74, 6) is -11.7. The minimum absolute atomic E-state index is 0. The van der Waals surface area contributed by atoms with Crippen molar-refractivity contribution in [2.75, 3.05) is 65.4 Å². The molecule has 0 radical (unpaired) electrons. The summed E-state index contributed by atoms with van der Waals surface area (Å²) in [6, 6.07) is 6.62. The van der Waals surface area contributed by atoms with Crippen LogP contribution in [0.5, 0.6) is 11.5 Å². The number of ether oxygens (including phenoxy) is 3. The molecule has 5 heterocycles. The van der Waals surface area contributed by atoms with Crippen molar-refractivity contribution in [1.29, 1.82) is 0 Å². The zero-order valence-corrected chi connectivity index (χ0v) is 62.9. The van der Waals surface area contributed by atoms with Crippen molar-refractivity contribution < 1.29 is 81.6 Å². The number of hydrogen-bond acceptors (Lipinski definition) is 20. The van der Waals surface area contributed by atoms with Crippen molar-refractivity contribution >= 4 is 93.5 Å². The number of likely N-dealkylation sites (N-methyl/N-ethyl adjacent to an activating group) is 4. The molecule has 10 amide bonds. The first-order valence-electron chi connectivity index (χ1n) is 35.5. The van der Waals surface area contributed by atoms with E-state index in [0.29, 0.717) is 35.5 Å². The van der Waals surface area contributed by atoms with Crippen LogP contribution in [0.1, 0.15) is 132 Å². The molecule has 0 aromatic heterocycles. The Balaban J connectivity index is 0.0000142. The summed E-state index contributed by atoms with van der Waals surface area (Å²) in [4.78, 5) is 203. The summed E-state index contributed by atoms with van der Waals surface area (Å²) in [5, 5.41) is 14.2. The molecule has 572 valence electrons. The SMILES string of the molecule is Cc1c2oc3c(C)c(NCc4cccc(Oc5ccccc5)c4)cc(C(=O)N[C@@H]4C(=O)N[C@H](C(C)C)C(=O)N5CCC[C@H]5C(=O)N(C)CC(=O)N(C)[C@@H](C(C)C)C(=O)O[C@@H]4C)c3nc-2c(C(=O)N[C@@H]2C(=O)N[C@H](C(C)C)C(=O)N3CCC[C@H]3C(=O)N(C)CC(=O)N(C)[C@@H](C(C)C)C(=O)O[C@@H]2C)c(N)c1=O.O. The van der Waals surface area contributed by atoms with Crippen molar-refractivity contribution in [3.05, 3.63) is 98.7 Å². The van der Waals surface area contributed by atoms with Gasteiger partial charge in [0.2, 0.25) is 52.7 Å². The number of benzene rings is 4. The smallest absolute Gasteiger partial charge is 0.329 e. The maximum Gasteiger partial charge on any atom is 0.329 e. The van der Waals surface area contributed by atoms with Gasteiger partial charge in [0.25, 0.3) is 11.8 Å². The number of amides is 10. The number of carbonyl (C=O) groups excluding carboxylic acids is 12. The summed E-state index contributed by atoms with van der Waals surface area (Å²) < 4.78 is 25.0. The number of fused-ring (bicyclic) bond motifs is 4. The van der Waals surface area contributed by atoms with E-state index in [1.54, 1.807) is 92.6 Å². The van der Waals surface area contributed by atoms with Crippen LogP contribution < -0.4 is 42.5 Å². The summed E-state index contributed by atoms with van der Waals surface area (Å²) >= 11 is 0. The number of para-hydroxylation sites is 1. The molecule has 4 fully saturated rings. The van der Waals surface area contributed by atoms with Crippen LogP contribution in [0.25, 0.3) is 22.6 Å². The lowest BCUT2D eigenvalue weighted by Gasteiger charge is -2.36. The molecule has 0 unspecified atom stereocenters. The lowest BCUT2D eigenvalue weighted by Crippen LogP contribution is -2.61. The molecular weight excluding hydrogens is 1370 g/mol. The van der Waals surface area contributed by atoms with Gasteiger partial charge in [-0.05, 0) is 113 Å². The molecular formula is C75H99N13O18. The van der Waals surface area contributed by atoms with Crippen molar-refractivity contribution in [2.24, 2.45) is 23.7 Å². The Morgan fingerprint density at radius 2 is 1.08 bits per heavy atom. The average molecular weight is 1470 g/mol. The van der Waals surface area contributed by atoms with Gasteiger partial charge < -0.3 is 85.8 Å². The predicted molar refractivity (Wildman–Crippen MR) is 389 cm³/mol. The Kier molecular flexibility index (Phi) is 25.7. The van der Waals surface area contributed by atoms with E-state index in [1.165, 1.54) is 74.6 Å². The Labute approximate surface area is 614 Å². The van der Waals surface area contributed by atoms with Gasteiger partial charge in [-0.1, -0.05) is 85.7 Å². The number of aryl methyl sites for hydroxylation is 1. The number of hydrogen-bond donors (Lipinski definition) is 6. The fourth-order valence-corrected chi connectivity index (χ4v) is 14.1. The van der Waals surface area contributed by atoms with Gasteiger partial charge >= 0.3 is 11.9 Å². The molecule has 0 bridgehead atoms. The summed E-state index contributed by atoms with van der Waals surface area (Å²) in [7, 11) is 5.59. The Bertz CT molecular complexity index is 4260. The lowest BCUT2D eigenvalue weighted by molar-refractivity contribution is -0.163. The van der Waals surface area contributed by atoms with Crippen molar-refractivity contribution in [3.63, 3.8) is 0 Å². The monoisotopic (exact) mass is 1470 g/mol. The van der Waals surface area contributed by atoms with Crippen LogP contribution in [0.4, 0.5) is 11.4 Å². The van der Waals surface area contributed by atoms with Gasteiger partial charge in [0, 0.05) is 64.6 Å². The fraction of sp³-hybridized carbons (Fsp3) is 0.520. The number of aromatic nitrogens is 1. The zero-order valence-electron chi connectivity index (χ0n) is 62.9. The number of nitrogens with one attached hydrogen (secondary N) is 5. The molecule has 31 nitrogen and oxygen atoms in total. The molecule has 106 heavy (non-hydrogen) atoms. The lowest BCUT2D eigenvalue weighted by atomic mass is 9.98. The fourth-order valence-electron chi connectivity index (χ4n) is 14.1. The maximum atomic E-state index is 15.9. The van der Waals surface area contributed by atoms with Gasteiger partial charge in [-0.3, -0.25) is 52.7 Å². The second kappa shape index (κ2) is 33.6. The number of carbonyl (C=O) groups is 12. The van der Waals surface area contributed by atoms with E-state index in [9.17, 15) is 43.2 Å². The molecule has 10 atom stereocenters. The van der Waals surface area contributed by atoms with Crippen molar-refractivity contribution in [1.82, 2.24) is 55.7 Å². The Hall–Kier alpha value is -10.7. The van der Waals surface area contributed by atoms with E-state index in [2.05, 4.69) is 26.6 Å². The van der Waals surface area contributed by atoms with Crippen LogP contribution >= 0.6 is 0 Å². The van der Waals surface area contributed by atoms with Crippen LogP contribution in [-0.2, 0) is 64.0 Å². The number of nitrogens with zero attached hydrogens (tertiary/aromatic N) is 7. The molecule has 1 aliphatic carbocycles. The Morgan fingerprint density at radius 3 is 1.56 bits per heavy atom. The summed E-state index contributed by atoms with van der Waals surface area (Å²) in [6.45, 7) is 18.4. The summed E-state index contributed by atoms with van der Waals surface area (Å²) in [6.07, 6.45) is -1.83. The number of cyclic esters (lactones) is 2. The third-order valence-corrected chi connectivity index (χ3v) is 20.1. The molecule has 6 aliphatic rings. The summed E-state index contributed by atoms with van der Waals surface area (Å²) in [5.41, 5.74) is 4.24. The van der Waals surface area contributed by atoms with E-state index < -0.39 is 191 Å². The molecule has 0 spiro atoms. The second-order valence-electron chi connectivity index (χ2n) is 29.1. The minimum Gasteiger partial charge on any atom is -0.458 e. The number of esters is 2. The van der Waals surface area contributed by atoms with E-state index >= 15 is 19.2 Å². The molecule has 3 aromatic carbocycles. The van der Waals surface area contributed by atoms with Crippen LogP contribution in [0.15, 0.2) is 69.9 Å². The van der Waals surface area contributed by atoms with E-state index in [1.807, 2.05) is 24.3 Å². The van der Waals surface area contributed by atoms with Crippen LogP contribution in [0, 0.1) is 37.5 Å². The van der Waals surface area contributed by atoms with Crippen LogP contribution in [-0.4, -0.2) is 226 Å². The topological polar surface area (TPSA) is 413 Å². The number of anilines is 2. The van der Waals surface area contributed by atoms with Gasteiger partial charge in [0.05, 0.1) is 29.9 Å². The first-order chi connectivity index (χ1) is 49.5. The number of rotatable bonds is 13. The van der Waals surface area contributed by atoms with Gasteiger partial charge in [-0.25, -0.2) is 14.6 Å². The molecule has 5 aliphatic heterocycles. The number of nitrogen functional groups attached to an aromatic ring is 1. The third kappa shape index (κ3) is 17.0. The zero-order chi connectivity index (χ0) is 77.1. The molecule has 3 aromatic rings. The molecule has 9 rings (SSSR count). The van der Waals surface area contributed by atoms with Gasteiger partial charge in [-0.2, -0.15) is 0 Å². The van der Waals surface area contributed by atoms with Gasteiger partial charge in [0.15, 0.2) is 11.3 Å².